The van der Waals surface area contributed by atoms with E-state index < -0.39 is 5.60 Å². The van der Waals surface area contributed by atoms with E-state index in [1.807, 2.05) is 93.4 Å². The summed E-state index contributed by atoms with van der Waals surface area (Å²) in [5.41, 5.74) is 14.3. The first-order valence-electron chi connectivity index (χ1n) is 19.8. The van der Waals surface area contributed by atoms with Crippen LogP contribution >= 0.6 is 11.6 Å². The Labute approximate surface area is 350 Å². The molecule has 1 saturated carbocycles. The Kier molecular flexibility index (Phi) is 12.3. The molecule has 59 heavy (non-hydrogen) atoms. The average molecular weight is 818 g/mol. The minimum absolute atomic E-state index is 0.0328. The van der Waals surface area contributed by atoms with E-state index in [4.69, 9.17) is 41.6 Å². The molecule has 0 aliphatic heterocycles. The monoisotopic (exact) mass is 817 g/mol. The lowest BCUT2D eigenvalue weighted by Gasteiger charge is -2.31. The van der Waals surface area contributed by atoms with Crippen LogP contribution in [-0.4, -0.2) is 63.2 Å². The van der Waals surface area contributed by atoms with Gasteiger partial charge >= 0.3 is 6.09 Å². The van der Waals surface area contributed by atoms with Crippen LogP contribution in [0.4, 0.5) is 21.9 Å². The number of amides is 1. The molecule has 0 radical (unpaired) electrons. The fourth-order valence-electron chi connectivity index (χ4n) is 7.31. The third-order valence-corrected chi connectivity index (χ3v) is 10.7. The maximum Gasteiger partial charge on any atom is 0.407 e. The number of methoxy groups -OCH3 is 2. The number of nitrogens with zero attached hydrogens (tertiary/aromatic N) is 6. The lowest BCUT2D eigenvalue weighted by molar-refractivity contribution is 0.0492. The number of aromatic nitrogens is 4. The summed E-state index contributed by atoms with van der Waals surface area (Å²) in [5.74, 6) is 1.88. The van der Waals surface area contributed by atoms with Crippen LogP contribution < -0.4 is 30.7 Å². The molecule has 1 amide bonds. The number of halogens is 1. The number of fused-ring (bicyclic) bond motifs is 1. The first-order chi connectivity index (χ1) is 28.3. The highest BCUT2D eigenvalue weighted by Crippen LogP contribution is 2.35. The van der Waals surface area contributed by atoms with Crippen molar-refractivity contribution in [2.24, 2.45) is 17.8 Å². The van der Waals surface area contributed by atoms with Crippen LogP contribution in [0.5, 0.6) is 11.5 Å². The maximum atomic E-state index is 12.5. The summed E-state index contributed by atoms with van der Waals surface area (Å²) in [6.07, 6.45) is 10.4. The molecule has 3 aromatic heterocycles. The van der Waals surface area contributed by atoms with Crippen LogP contribution in [-0.2, 0) is 24.9 Å². The number of nitrogens with one attached hydrogen (secondary N) is 2. The van der Waals surface area contributed by atoms with Crippen LogP contribution in [0.25, 0.3) is 16.6 Å². The van der Waals surface area contributed by atoms with Crippen molar-refractivity contribution in [2.45, 2.75) is 77.2 Å². The molecule has 3 heterocycles. The summed E-state index contributed by atoms with van der Waals surface area (Å²) in [6.45, 7) is 6.86. The molecule has 4 N–H and O–H groups in total. The van der Waals surface area contributed by atoms with Gasteiger partial charge in [-0.1, -0.05) is 35.9 Å². The van der Waals surface area contributed by atoms with Crippen molar-refractivity contribution in [3.63, 3.8) is 0 Å². The fourth-order valence-corrected chi connectivity index (χ4v) is 7.52. The van der Waals surface area contributed by atoms with Crippen LogP contribution in [0, 0.1) is 0 Å². The van der Waals surface area contributed by atoms with Crippen molar-refractivity contribution in [2.75, 3.05) is 24.4 Å². The molecule has 1 aliphatic rings. The highest BCUT2D eigenvalue weighted by Gasteiger charge is 2.27. The van der Waals surface area contributed by atoms with Gasteiger partial charge in [0.25, 0.3) is 0 Å². The zero-order valence-corrected chi connectivity index (χ0v) is 35.2. The Morgan fingerprint density at radius 2 is 1.49 bits per heavy atom. The number of alkyl carbamates (subject to hydrolysis) is 1. The molecule has 1 fully saturated rings. The number of carbonyl (C=O) groups excluding carboxylic acids is 1. The number of aliphatic imine (C=N–C) groups is 1. The maximum absolute atomic E-state index is 12.5. The smallest absolute Gasteiger partial charge is 0.407 e. The van der Waals surface area contributed by atoms with Gasteiger partial charge in [0, 0.05) is 61.4 Å². The third-order valence-electron chi connectivity index (χ3n) is 10.4. The molecular weight excluding hydrogens is 766 g/mol. The predicted molar refractivity (Wildman–Crippen MR) is 234 cm³/mol. The number of hydrogen-bond donors (Lipinski definition) is 3. The van der Waals surface area contributed by atoms with Gasteiger partial charge in [-0.25, -0.2) is 14.3 Å². The van der Waals surface area contributed by atoms with E-state index in [-0.39, 0.29) is 24.0 Å². The van der Waals surface area contributed by atoms with E-state index in [1.165, 1.54) is 0 Å². The van der Waals surface area contributed by atoms with E-state index >= 15 is 0 Å². The number of hydrogen-bond acceptors (Lipinski definition) is 9. The summed E-state index contributed by atoms with van der Waals surface area (Å²) < 4.78 is 19.9. The molecule has 308 valence electrons. The summed E-state index contributed by atoms with van der Waals surface area (Å²) >= 11 is 7.03. The minimum Gasteiger partial charge on any atom is -0.497 e. The normalized spacial score (nSPS) is 15.8. The lowest BCUT2D eigenvalue weighted by atomic mass is 9.91. The Morgan fingerprint density at radius 3 is 2.05 bits per heavy atom. The Balaban J connectivity index is 1.17. The molecule has 0 saturated heterocycles. The zero-order valence-electron chi connectivity index (χ0n) is 34.4. The number of benzene rings is 3. The second-order valence-corrected chi connectivity index (χ2v) is 16.3. The first-order valence-corrected chi connectivity index (χ1v) is 20.1. The Morgan fingerprint density at radius 1 is 0.864 bits per heavy atom. The van der Waals surface area contributed by atoms with Crippen molar-refractivity contribution in [3.05, 3.63) is 119 Å². The summed E-state index contributed by atoms with van der Waals surface area (Å²) in [6, 6.07) is 24.2. The number of carbonyl (C=O) groups is 1. The molecule has 3 aromatic carbocycles. The molecule has 7 rings (SSSR count). The van der Waals surface area contributed by atoms with Gasteiger partial charge in [0.15, 0.2) is 0 Å². The van der Waals surface area contributed by atoms with Crippen molar-refractivity contribution in [1.29, 1.82) is 0 Å². The molecule has 1 aliphatic carbocycles. The van der Waals surface area contributed by atoms with E-state index in [1.54, 1.807) is 25.1 Å². The standard InChI is InChI=1S/C45H52ClN9O4/c1-45(2,3)59-44(56)51-34-13-11-33(12-14-34)50-42-38(24-49-55-28-31(21-41(42)55)32-23-48-53(4)27-32)43(47)52-40-20-15-35(22-39(40)46)54(25-29-7-16-36(57-5)17-8-29)26-30-9-18-37(58-6)19-10-30/h7-10,15-24,27-28,33-34,50H,11-14,25-26H2,1-6H3,(H2,47,52)(H,51,56)/t33-,34-. The molecule has 0 spiro atoms. The van der Waals surface area contributed by atoms with E-state index in [2.05, 4.69) is 51.0 Å². The fraction of sp³-hybridized carbons (Fsp3) is 0.333. The highest BCUT2D eigenvalue weighted by atomic mass is 35.5. The molecule has 14 heteroatoms. The summed E-state index contributed by atoms with van der Waals surface area (Å²) in [7, 11) is 5.22. The first kappa shape index (κ1) is 41.0. The summed E-state index contributed by atoms with van der Waals surface area (Å²) in [4.78, 5) is 19.6. The average Bonchev–Trinajstić information content (AvgIpc) is 3.85. The predicted octanol–water partition coefficient (Wildman–Crippen LogP) is 8.90. The van der Waals surface area contributed by atoms with Crippen molar-refractivity contribution in [3.8, 4) is 22.6 Å². The second-order valence-electron chi connectivity index (χ2n) is 15.9. The summed E-state index contributed by atoms with van der Waals surface area (Å²) in [5, 5.41) is 16.4. The number of nitrogens with two attached hydrogens (primary N) is 1. The topological polar surface area (TPSA) is 146 Å². The number of rotatable bonds is 13. The van der Waals surface area contributed by atoms with Gasteiger partial charge in [-0.3, -0.25) is 4.68 Å². The van der Waals surface area contributed by atoms with Crippen molar-refractivity contribution in [1.82, 2.24) is 24.7 Å². The molecular formula is C45H52ClN9O4. The van der Waals surface area contributed by atoms with E-state index in [0.29, 0.717) is 29.4 Å². The number of amidine groups is 1. The number of ether oxygens (including phenoxy) is 3. The minimum atomic E-state index is -0.554. The van der Waals surface area contributed by atoms with Gasteiger partial charge in [0.2, 0.25) is 0 Å². The van der Waals surface area contributed by atoms with Gasteiger partial charge < -0.3 is 35.5 Å². The molecule has 0 atom stereocenters. The van der Waals surface area contributed by atoms with Crippen LogP contribution in [0.15, 0.2) is 103 Å². The Bertz CT molecular complexity index is 2360. The van der Waals surface area contributed by atoms with Crippen molar-refractivity contribution < 1.29 is 19.0 Å². The van der Waals surface area contributed by atoms with Crippen molar-refractivity contribution >= 4 is 46.1 Å². The quantitative estimate of drug-likeness (QED) is 0.0769. The second kappa shape index (κ2) is 17.7. The zero-order chi connectivity index (χ0) is 41.7. The van der Waals surface area contributed by atoms with Gasteiger partial charge in [0.1, 0.15) is 22.9 Å². The molecule has 0 unspecified atom stereocenters. The molecule has 0 bridgehead atoms. The van der Waals surface area contributed by atoms with Crippen LogP contribution in [0.3, 0.4) is 0 Å². The van der Waals surface area contributed by atoms with Crippen LogP contribution in [0.1, 0.15) is 63.1 Å². The number of aryl methyl sites for hydroxylation is 1. The molecule has 13 nitrogen and oxygen atoms in total. The number of anilines is 2. The van der Waals surface area contributed by atoms with E-state index in [0.717, 1.165) is 76.3 Å². The van der Waals surface area contributed by atoms with Gasteiger partial charge in [-0.2, -0.15) is 10.2 Å². The SMILES string of the molecule is COc1ccc(CN(Cc2ccc(OC)cc2)c2ccc(/N=C(\N)c3cnn4cc(-c5cnn(C)c5)cc4c3N[C@H]3CC[C@H](NC(=O)OC(C)(C)C)CC3)c(Cl)c2)cc1. The van der Waals surface area contributed by atoms with Gasteiger partial charge in [-0.05, 0) is 106 Å². The largest absolute Gasteiger partial charge is 0.497 e. The van der Waals surface area contributed by atoms with Gasteiger partial charge in [-0.15, -0.1) is 0 Å². The third kappa shape index (κ3) is 10.3. The van der Waals surface area contributed by atoms with Gasteiger partial charge in [0.05, 0.1) is 54.1 Å². The Hall–Kier alpha value is -6.21. The lowest BCUT2D eigenvalue weighted by Crippen LogP contribution is -2.42. The molecule has 6 aromatic rings. The van der Waals surface area contributed by atoms with E-state index in [9.17, 15) is 4.79 Å². The van der Waals surface area contributed by atoms with Crippen LogP contribution in [0.2, 0.25) is 5.02 Å². The highest BCUT2D eigenvalue weighted by molar-refractivity contribution is 6.33.